The molecule has 132 valence electrons. The topological polar surface area (TPSA) is 76.6 Å². The van der Waals surface area contributed by atoms with Crippen molar-refractivity contribution in [1.82, 2.24) is 15.3 Å². The van der Waals surface area contributed by atoms with E-state index in [1.807, 2.05) is 13.0 Å². The highest BCUT2D eigenvalue weighted by molar-refractivity contribution is 5.94. The fourth-order valence-corrected chi connectivity index (χ4v) is 2.65. The van der Waals surface area contributed by atoms with E-state index in [1.165, 1.54) is 0 Å². The van der Waals surface area contributed by atoms with Crippen LogP contribution in [0.3, 0.4) is 0 Å². The van der Waals surface area contributed by atoms with Gasteiger partial charge in [0.1, 0.15) is 5.75 Å². The lowest BCUT2D eigenvalue weighted by Crippen LogP contribution is -2.37. The predicted octanol–water partition coefficient (Wildman–Crippen LogP) is 1.56. The smallest absolute Gasteiger partial charge is 0.251 e. The van der Waals surface area contributed by atoms with E-state index in [9.17, 15) is 4.79 Å². The Morgan fingerprint density at radius 3 is 2.84 bits per heavy atom. The van der Waals surface area contributed by atoms with Crippen LogP contribution in [0.5, 0.6) is 5.75 Å². The molecule has 1 saturated heterocycles. The van der Waals surface area contributed by atoms with Crippen molar-refractivity contribution in [2.24, 2.45) is 0 Å². The number of methoxy groups -OCH3 is 1. The number of carbonyl (C=O) groups is 1. The van der Waals surface area contributed by atoms with Gasteiger partial charge in [-0.3, -0.25) is 4.79 Å². The maximum absolute atomic E-state index is 12.3. The first-order chi connectivity index (χ1) is 12.2. The van der Waals surface area contributed by atoms with Gasteiger partial charge in [0.05, 0.1) is 32.6 Å². The summed E-state index contributed by atoms with van der Waals surface area (Å²) in [5.74, 6) is 1.18. The van der Waals surface area contributed by atoms with Crippen LogP contribution in [-0.2, 0) is 11.3 Å². The first-order valence-corrected chi connectivity index (χ1v) is 8.25. The van der Waals surface area contributed by atoms with Gasteiger partial charge in [-0.2, -0.15) is 0 Å². The van der Waals surface area contributed by atoms with E-state index in [4.69, 9.17) is 9.47 Å². The zero-order valence-corrected chi connectivity index (χ0v) is 14.5. The fourth-order valence-electron chi connectivity index (χ4n) is 2.65. The summed E-state index contributed by atoms with van der Waals surface area (Å²) in [6.07, 6.45) is 0. The Morgan fingerprint density at radius 2 is 2.08 bits per heavy atom. The van der Waals surface area contributed by atoms with Gasteiger partial charge in [-0.05, 0) is 31.2 Å². The number of rotatable bonds is 5. The van der Waals surface area contributed by atoms with Crippen molar-refractivity contribution in [3.05, 3.63) is 47.3 Å². The third-order valence-electron chi connectivity index (χ3n) is 3.95. The molecule has 7 nitrogen and oxygen atoms in total. The van der Waals surface area contributed by atoms with Crippen LogP contribution in [0.2, 0.25) is 0 Å². The molecular formula is C18H22N4O3. The number of morpholine rings is 1. The lowest BCUT2D eigenvalue weighted by atomic mass is 10.2. The standard InChI is InChI=1S/C18H22N4O3/c1-13-10-15(21-18(20-13)22-6-8-25-9-7-22)12-19-17(23)14-4-3-5-16(11-14)24-2/h3-5,10-11H,6-9,12H2,1-2H3,(H,19,23). The summed E-state index contributed by atoms with van der Waals surface area (Å²) in [6.45, 7) is 5.19. The van der Waals surface area contributed by atoms with Crippen molar-refractivity contribution in [2.75, 3.05) is 38.3 Å². The molecule has 25 heavy (non-hydrogen) atoms. The lowest BCUT2D eigenvalue weighted by Gasteiger charge is -2.27. The normalized spacial score (nSPS) is 14.2. The molecule has 1 aliphatic heterocycles. The number of hydrogen-bond acceptors (Lipinski definition) is 6. The third-order valence-corrected chi connectivity index (χ3v) is 3.95. The summed E-state index contributed by atoms with van der Waals surface area (Å²) in [5, 5.41) is 2.90. The summed E-state index contributed by atoms with van der Waals surface area (Å²) < 4.78 is 10.5. The Morgan fingerprint density at radius 1 is 1.28 bits per heavy atom. The zero-order chi connectivity index (χ0) is 17.6. The van der Waals surface area contributed by atoms with Crippen molar-refractivity contribution in [3.63, 3.8) is 0 Å². The fraction of sp³-hybridized carbons (Fsp3) is 0.389. The van der Waals surface area contributed by atoms with Crippen LogP contribution in [0.25, 0.3) is 0 Å². The molecule has 1 fully saturated rings. The van der Waals surface area contributed by atoms with E-state index in [1.54, 1.807) is 31.4 Å². The van der Waals surface area contributed by atoms with Crippen LogP contribution >= 0.6 is 0 Å². The highest BCUT2D eigenvalue weighted by atomic mass is 16.5. The molecule has 1 N–H and O–H groups in total. The number of ether oxygens (including phenoxy) is 2. The van der Waals surface area contributed by atoms with Gasteiger partial charge in [0.25, 0.3) is 5.91 Å². The molecule has 0 aliphatic carbocycles. The minimum atomic E-state index is -0.164. The van der Waals surface area contributed by atoms with E-state index in [0.29, 0.717) is 37.0 Å². The second kappa shape index (κ2) is 7.94. The Kier molecular flexibility index (Phi) is 5.45. The average Bonchev–Trinajstić information content (AvgIpc) is 2.66. The maximum atomic E-state index is 12.3. The Balaban J connectivity index is 1.67. The molecule has 0 unspecified atom stereocenters. The van der Waals surface area contributed by atoms with Gasteiger partial charge >= 0.3 is 0 Å². The van der Waals surface area contributed by atoms with E-state index < -0.39 is 0 Å². The zero-order valence-electron chi connectivity index (χ0n) is 14.5. The molecule has 1 amide bonds. The van der Waals surface area contributed by atoms with Crippen molar-refractivity contribution in [2.45, 2.75) is 13.5 Å². The molecule has 2 heterocycles. The van der Waals surface area contributed by atoms with E-state index in [2.05, 4.69) is 20.2 Å². The first-order valence-electron chi connectivity index (χ1n) is 8.25. The van der Waals surface area contributed by atoms with Crippen LogP contribution in [0.1, 0.15) is 21.7 Å². The highest BCUT2D eigenvalue weighted by Gasteiger charge is 2.15. The van der Waals surface area contributed by atoms with Crippen molar-refractivity contribution < 1.29 is 14.3 Å². The Labute approximate surface area is 147 Å². The van der Waals surface area contributed by atoms with Gasteiger partial charge in [0.15, 0.2) is 0 Å². The van der Waals surface area contributed by atoms with Gasteiger partial charge in [0.2, 0.25) is 5.95 Å². The number of hydrogen-bond donors (Lipinski definition) is 1. The number of nitrogens with one attached hydrogen (secondary N) is 1. The number of carbonyl (C=O) groups excluding carboxylic acids is 1. The number of nitrogens with zero attached hydrogens (tertiary/aromatic N) is 3. The summed E-state index contributed by atoms with van der Waals surface area (Å²) >= 11 is 0. The van der Waals surface area contributed by atoms with Crippen LogP contribution in [0, 0.1) is 6.92 Å². The maximum Gasteiger partial charge on any atom is 0.251 e. The molecule has 1 aromatic carbocycles. The molecular weight excluding hydrogens is 320 g/mol. The Hall–Kier alpha value is -2.67. The minimum Gasteiger partial charge on any atom is -0.497 e. The Bertz CT molecular complexity index is 745. The minimum absolute atomic E-state index is 0.164. The molecule has 0 spiro atoms. The SMILES string of the molecule is COc1cccc(C(=O)NCc2cc(C)nc(N3CCOCC3)n2)c1. The number of aryl methyl sites for hydroxylation is 1. The van der Waals surface area contributed by atoms with Crippen LogP contribution in [0.15, 0.2) is 30.3 Å². The summed E-state index contributed by atoms with van der Waals surface area (Å²) in [7, 11) is 1.58. The van der Waals surface area contributed by atoms with Crippen LogP contribution < -0.4 is 15.0 Å². The number of aromatic nitrogens is 2. The monoisotopic (exact) mass is 342 g/mol. The summed E-state index contributed by atoms with van der Waals surface area (Å²) in [4.78, 5) is 23.5. The van der Waals surface area contributed by atoms with Crippen molar-refractivity contribution >= 4 is 11.9 Å². The van der Waals surface area contributed by atoms with Crippen molar-refractivity contribution in [1.29, 1.82) is 0 Å². The van der Waals surface area contributed by atoms with E-state index in [-0.39, 0.29) is 5.91 Å². The quantitative estimate of drug-likeness (QED) is 0.889. The lowest BCUT2D eigenvalue weighted by molar-refractivity contribution is 0.0950. The number of amides is 1. The van der Waals surface area contributed by atoms with Gasteiger partial charge in [-0.1, -0.05) is 6.07 Å². The molecule has 3 rings (SSSR count). The third kappa shape index (κ3) is 4.45. The highest BCUT2D eigenvalue weighted by Crippen LogP contribution is 2.14. The number of anilines is 1. The second-order valence-corrected chi connectivity index (χ2v) is 5.81. The number of benzene rings is 1. The van der Waals surface area contributed by atoms with Gasteiger partial charge in [-0.15, -0.1) is 0 Å². The average molecular weight is 342 g/mol. The predicted molar refractivity (Wildman–Crippen MR) is 94.0 cm³/mol. The summed E-state index contributed by atoms with van der Waals surface area (Å²) in [5.41, 5.74) is 2.21. The molecule has 7 heteroatoms. The molecule has 2 aromatic rings. The first kappa shape index (κ1) is 17.2. The molecule has 0 bridgehead atoms. The van der Waals surface area contributed by atoms with Crippen molar-refractivity contribution in [3.8, 4) is 5.75 Å². The molecule has 0 saturated carbocycles. The van der Waals surface area contributed by atoms with Crippen LogP contribution in [0.4, 0.5) is 5.95 Å². The van der Waals surface area contributed by atoms with Gasteiger partial charge in [-0.25, -0.2) is 9.97 Å². The second-order valence-electron chi connectivity index (χ2n) is 5.81. The molecule has 1 aliphatic rings. The summed E-state index contributed by atoms with van der Waals surface area (Å²) in [6, 6.07) is 8.94. The molecule has 1 aromatic heterocycles. The van der Waals surface area contributed by atoms with E-state index >= 15 is 0 Å². The molecule has 0 atom stereocenters. The van der Waals surface area contributed by atoms with Crippen LogP contribution in [-0.4, -0.2) is 49.3 Å². The van der Waals surface area contributed by atoms with Gasteiger partial charge in [0, 0.05) is 24.3 Å². The van der Waals surface area contributed by atoms with Gasteiger partial charge < -0.3 is 19.7 Å². The molecule has 0 radical (unpaired) electrons. The van der Waals surface area contributed by atoms with E-state index in [0.717, 1.165) is 24.5 Å². The largest absolute Gasteiger partial charge is 0.497 e.